The summed E-state index contributed by atoms with van der Waals surface area (Å²) in [6.07, 6.45) is 2.95. The molecule has 0 radical (unpaired) electrons. The van der Waals surface area contributed by atoms with Gasteiger partial charge in [-0.05, 0) is 28.8 Å². The molecule has 0 saturated heterocycles. The zero-order valence-corrected chi connectivity index (χ0v) is 8.11. The van der Waals surface area contributed by atoms with Gasteiger partial charge in [-0.2, -0.15) is 0 Å². The predicted octanol–water partition coefficient (Wildman–Crippen LogP) is 2.14. The summed E-state index contributed by atoms with van der Waals surface area (Å²) < 4.78 is 0.862. The Balaban J connectivity index is 2.36. The Bertz CT molecular complexity index is 292. The van der Waals surface area contributed by atoms with Crippen molar-refractivity contribution in [3.63, 3.8) is 0 Å². The summed E-state index contributed by atoms with van der Waals surface area (Å²) in [6, 6.07) is 0. The number of aldehydes is 1. The minimum atomic E-state index is -0.206. The molecule has 1 aliphatic carbocycles. The third-order valence-corrected chi connectivity index (χ3v) is 3.37. The molecule has 0 unspecified atom stereocenters. The van der Waals surface area contributed by atoms with E-state index in [4.69, 9.17) is 0 Å². The zero-order chi connectivity index (χ0) is 7.90. The first-order valence-corrected chi connectivity index (χ1v) is 5.02. The molecule has 0 bridgehead atoms. The normalized spacial score (nSPS) is 19.7. The van der Waals surface area contributed by atoms with Crippen molar-refractivity contribution in [2.75, 3.05) is 0 Å². The van der Waals surface area contributed by atoms with E-state index in [1.54, 1.807) is 0 Å². The molecule has 0 N–H and O–H groups in total. The highest BCUT2D eigenvalue weighted by Gasteiger charge is 2.46. The summed E-state index contributed by atoms with van der Waals surface area (Å²) in [5.74, 6) is 0. The molecule has 1 fully saturated rings. The quantitative estimate of drug-likeness (QED) is 0.731. The van der Waals surface area contributed by atoms with Gasteiger partial charge in [0.2, 0.25) is 0 Å². The Kier molecular flexibility index (Phi) is 1.61. The van der Waals surface area contributed by atoms with Gasteiger partial charge < -0.3 is 4.79 Å². The highest BCUT2D eigenvalue weighted by molar-refractivity contribution is 9.11. The van der Waals surface area contributed by atoms with Crippen LogP contribution < -0.4 is 0 Å². The fourth-order valence-electron chi connectivity index (χ4n) is 1.05. The van der Waals surface area contributed by atoms with E-state index in [0.29, 0.717) is 0 Å². The van der Waals surface area contributed by atoms with E-state index in [-0.39, 0.29) is 5.41 Å². The first-order valence-electron chi connectivity index (χ1n) is 3.35. The van der Waals surface area contributed by atoms with Crippen LogP contribution >= 0.6 is 27.3 Å². The fraction of sp³-hybridized carbons (Fsp3) is 0.429. The van der Waals surface area contributed by atoms with Crippen LogP contribution in [0.15, 0.2) is 9.30 Å². The van der Waals surface area contributed by atoms with Crippen molar-refractivity contribution in [1.82, 2.24) is 4.98 Å². The number of carbonyl (C=O) groups is 1. The number of thiazole rings is 1. The Labute approximate surface area is 76.8 Å². The third kappa shape index (κ3) is 1.14. The monoisotopic (exact) mass is 231 g/mol. The number of carbonyl (C=O) groups excluding carboxylic acids is 1. The largest absolute Gasteiger partial charge is 0.302 e. The van der Waals surface area contributed by atoms with Crippen molar-refractivity contribution in [1.29, 1.82) is 0 Å². The van der Waals surface area contributed by atoms with E-state index >= 15 is 0 Å². The number of aromatic nitrogens is 1. The molecule has 11 heavy (non-hydrogen) atoms. The maximum Gasteiger partial charge on any atom is 0.159 e. The second-order valence-corrected chi connectivity index (χ2v) is 4.89. The number of hydrogen-bond donors (Lipinski definition) is 0. The second-order valence-electron chi connectivity index (χ2n) is 2.76. The molecule has 58 valence electrons. The van der Waals surface area contributed by atoms with Crippen LogP contribution in [0.5, 0.6) is 0 Å². The number of hydrogen-bond acceptors (Lipinski definition) is 3. The smallest absolute Gasteiger partial charge is 0.159 e. The molecule has 4 heteroatoms. The number of rotatable bonds is 2. The maximum absolute atomic E-state index is 10.6. The molecule has 2 rings (SSSR count). The molecule has 0 atom stereocenters. The van der Waals surface area contributed by atoms with E-state index in [2.05, 4.69) is 20.9 Å². The van der Waals surface area contributed by atoms with Crippen molar-refractivity contribution in [3.05, 3.63) is 15.0 Å². The first-order chi connectivity index (χ1) is 5.27. The van der Waals surface area contributed by atoms with Gasteiger partial charge in [-0.15, -0.1) is 11.3 Å². The van der Waals surface area contributed by atoms with Crippen molar-refractivity contribution in [2.24, 2.45) is 0 Å². The lowest BCUT2D eigenvalue weighted by Gasteiger charge is -1.98. The lowest BCUT2D eigenvalue weighted by molar-refractivity contribution is -0.109. The van der Waals surface area contributed by atoms with Crippen LogP contribution in [0.2, 0.25) is 0 Å². The van der Waals surface area contributed by atoms with Crippen LogP contribution in [-0.2, 0) is 10.2 Å². The molecule has 1 saturated carbocycles. The van der Waals surface area contributed by atoms with E-state index < -0.39 is 0 Å². The van der Waals surface area contributed by atoms with Gasteiger partial charge >= 0.3 is 0 Å². The Hall–Kier alpha value is -0.220. The summed E-state index contributed by atoms with van der Waals surface area (Å²) in [4.78, 5) is 14.9. The topological polar surface area (TPSA) is 30.0 Å². The molecular formula is C7H6BrNOS. The standard InChI is InChI=1S/C7H6BrNOS/c8-6-9-5(3-11-6)7(4-10)1-2-7/h3-4H,1-2H2. The summed E-state index contributed by atoms with van der Waals surface area (Å²) >= 11 is 4.81. The Morgan fingerprint density at radius 2 is 2.45 bits per heavy atom. The van der Waals surface area contributed by atoms with Crippen LogP contribution in [0, 0.1) is 0 Å². The van der Waals surface area contributed by atoms with Crippen LogP contribution in [0.3, 0.4) is 0 Å². The van der Waals surface area contributed by atoms with Crippen molar-refractivity contribution < 1.29 is 4.79 Å². The molecule has 1 aromatic heterocycles. The molecule has 1 aliphatic rings. The highest BCUT2D eigenvalue weighted by Crippen LogP contribution is 2.46. The van der Waals surface area contributed by atoms with Crippen LogP contribution in [0.1, 0.15) is 18.5 Å². The van der Waals surface area contributed by atoms with Gasteiger partial charge in [0.15, 0.2) is 3.92 Å². The second kappa shape index (κ2) is 2.38. The molecule has 0 aliphatic heterocycles. The SMILES string of the molecule is O=CC1(c2csc(Br)n2)CC1. The van der Waals surface area contributed by atoms with E-state index in [1.165, 1.54) is 11.3 Å². The Morgan fingerprint density at radius 1 is 1.73 bits per heavy atom. The van der Waals surface area contributed by atoms with Crippen LogP contribution in [-0.4, -0.2) is 11.3 Å². The van der Waals surface area contributed by atoms with Gasteiger partial charge in [-0.3, -0.25) is 0 Å². The van der Waals surface area contributed by atoms with Gasteiger partial charge in [0.05, 0.1) is 11.1 Å². The average Bonchev–Trinajstić information content (AvgIpc) is 2.70. The average molecular weight is 232 g/mol. The van der Waals surface area contributed by atoms with E-state index in [0.717, 1.165) is 28.7 Å². The summed E-state index contributed by atoms with van der Waals surface area (Å²) in [5, 5.41) is 1.95. The minimum absolute atomic E-state index is 0.206. The highest BCUT2D eigenvalue weighted by atomic mass is 79.9. The maximum atomic E-state index is 10.6. The molecule has 0 amide bonds. The van der Waals surface area contributed by atoms with Gasteiger partial charge in [0, 0.05) is 5.38 Å². The molecule has 2 nitrogen and oxygen atoms in total. The molecule has 0 spiro atoms. The van der Waals surface area contributed by atoms with Crippen LogP contribution in [0.25, 0.3) is 0 Å². The summed E-state index contributed by atoms with van der Waals surface area (Å²) in [6.45, 7) is 0. The minimum Gasteiger partial charge on any atom is -0.302 e. The zero-order valence-electron chi connectivity index (χ0n) is 5.71. The number of halogens is 1. The molecule has 1 aromatic rings. The molecule has 0 aromatic carbocycles. The Morgan fingerprint density at radius 3 is 2.82 bits per heavy atom. The summed E-state index contributed by atoms with van der Waals surface area (Å²) in [7, 11) is 0. The fourth-order valence-corrected chi connectivity index (χ4v) is 2.17. The van der Waals surface area contributed by atoms with Crippen molar-refractivity contribution in [2.45, 2.75) is 18.3 Å². The lowest BCUT2D eigenvalue weighted by Crippen LogP contribution is -2.07. The van der Waals surface area contributed by atoms with E-state index in [9.17, 15) is 4.79 Å². The van der Waals surface area contributed by atoms with Gasteiger partial charge in [-0.25, -0.2) is 4.98 Å². The van der Waals surface area contributed by atoms with Gasteiger partial charge in [0.25, 0.3) is 0 Å². The van der Waals surface area contributed by atoms with Gasteiger partial charge in [-0.1, -0.05) is 0 Å². The molecule has 1 heterocycles. The van der Waals surface area contributed by atoms with E-state index in [1.807, 2.05) is 5.38 Å². The third-order valence-electron chi connectivity index (χ3n) is 2.00. The summed E-state index contributed by atoms with van der Waals surface area (Å²) in [5.41, 5.74) is 0.729. The molecular weight excluding hydrogens is 226 g/mol. The predicted molar refractivity (Wildman–Crippen MR) is 46.8 cm³/mol. The number of nitrogens with zero attached hydrogens (tertiary/aromatic N) is 1. The van der Waals surface area contributed by atoms with Crippen LogP contribution in [0.4, 0.5) is 0 Å². The van der Waals surface area contributed by atoms with Crippen molar-refractivity contribution >= 4 is 33.6 Å². The first kappa shape index (κ1) is 7.43. The van der Waals surface area contributed by atoms with Crippen molar-refractivity contribution in [3.8, 4) is 0 Å². The lowest BCUT2D eigenvalue weighted by atomic mass is 10.1. The van der Waals surface area contributed by atoms with Gasteiger partial charge in [0.1, 0.15) is 6.29 Å².